The van der Waals surface area contributed by atoms with Crippen LogP contribution in [0.4, 0.5) is 0 Å². The van der Waals surface area contributed by atoms with Crippen LogP contribution in [-0.2, 0) is 0 Å². The van der Waals surface area contributed by atoms with Crippen LogP contribution >= 0.6 is 11.5 Å². The van der Waals surface area contributed by atoms with E-state index in [1.165, 1.54) is 11.5 Å². The van der Waals surface area contributed by atoms with Crippen molar-refractivity contribution in [1.82, 2.24) is 4.37 Å². The monoisotopic (exact) mass is 257 g/mol. The SMILES string of the molecule is COc1nscc1-c1ccc2cc(O)ccc2c1. The van der Waals surface area contributed by atoms with E-state index in [1.807, 2.05) is 23.6 Å². The summed E-state index contributed by atoms with van der Waals surface area (Å²) in [5, 5.41) is 13.5. The Morgan fingerprint density at radius 2 is 1.89 bits per heavy atom. The van der Waals surface area contributed by atoms with Gasteiger partial charge in [-0.1, -0.05) is 18.2 Å². The van der Waals surface area contributed by atoms with Crippen molar-refractivity contribution in [2.45, 2.75) is 0 Å². The third-order valence-electron chi connectivity index (χ3n) is 2.86. The molecule has 0 radical (unpaired) electrons. The van der Waals surface area contributed by atoms with Gasteiger partial charge in [0.05, 0.1) is 12.7 Å². The Balaban J connectivity index is 2.16. The second-order valence-corrected chi connectivity index (χ2v) is 4.61. The van der Waals surface area contributed by atoms with Crippen LogP contribution in [-0.4, -0.2) is 16.6 Å². The highest BCUT2D eigenvalue weighted by atomic mass is 32.1. The Hall–Kier alpha value is -2.07. The molecule has 3 aromatic rings. The maximum Gasteiger partial charge on any atom is 0.232 e. The van der Waals surface area contributed by atoms with Gasteiger partial charge in [-0.05, 0) is 46.1 Å². The second kappa shape index (κ2) is 4.31. The Kier molecular flexibility index (Phi) is 2.64. The molecule has 0 amide bonds. The van der Waals surface area contributed by atoms with Crippen LogP contribution in [0.1, 0.15) is 0 Å². The van der Waals surface area contributed by atoms with Crippen molar-refractivity contribution < 1.29 is 9.84 Å². The second-order valence-electron chi connectivity index (χ2n) is 3.98. The first-order chi connectivity index (χ1) is 8.78. The molecule has 2 aromatic carbocycles. The zero-order valence-electron chi connectivity index (χ0n) is 9.75. The van der Waals surface area contributed by atoms with E-state index in [9.17, 15) is 5.11 Å². The highest BCUT2D eigenvalue weighted by Crippen LogP contribution is 2.33. The molecule has 0 spiro atoms. The Morgan fingerprint density at radius 3 is 2.72 bits per heavy atom. The minimum atomic E-state index is 0.282. The molecule has 0 bridgehead atoms. The van der Waals surface area contributed by atoms with Crippen molar-refractivity contribution in [3.63, 3.8) is 0 Å². The molecule has 0 aliphatic carbocycles. The molecule has 0 saturated heterocycles. The Labute approximate surface area is 108 Å². The highest BCUT2D eigenvalue weighted by Gasteiger charge is 2.09. The highest BCUT2D eigenvalue weighted by molar-refractivity contribution is 7.04. The van der Waals surface area contributed by atoms with Gasteiger partial charge in [0, 0.05) is 5.38 Å². The molecule has 3 rings (SSSR count). The van der Waals surface area contributed by atoms with Gasteiger partial charge >= 0.3 is 0 Å². The van der Waals surface area contributed by atoms with E-state index in [0.29, 0.717) is 5.88 Å². The predicted molar refractivity (Wildman–Crippen MR) is 73.3 cm³/mol. The first-order valence-electron chi connectivity index (χ1n) is 5.49. The lowest BCUT2D eigenvalue weighted by molar-refractivity contribution is 0.404. The van der Waals surface area contributed by atoms with Crippen molar-refractivity contribution in [2.24, 2.45) is 0 Å². The summed E-state index contributed by atoms with van der Waals surface area (Å²) >= 11 is 1.38. The fourth-order valence-corrected chi connectivity index (χ4v) is 2.63. The van der Waals surface area contributed by atoms with Crippen LogP contribution in [0.5, 0.6) is 11.6 Å². The molecular weight excluding hydrogens is 246 g/mol. The zero-order valence-corrected chi connectivity index (χ0v) is 10.6. The van der Waals surface area contributed by atoms with Gasteiger partial charge in [-0.3, -0.25) is 0 Å². The molecule has 0 fully saturated rings. The normalized spacial score (nSPS) is 10.7. The smallest absolute Gasteiger partial charge is 0.232 e. The maximum absolute atomic E-state index is 9.44. The van der Waals surface area contributed by atoms with Gasteiger partial charge in [0.1, 0.15) is 5.75 Å². The third kappa shape index (κ3) is 1.80. The number of fused-ring (bicyclic) bond motifs is 1. The number of nitrogens with zero attached hydrogens (tertiary/aromatic N) is 1. The van der Waals surface area contributed by atoms with Crippen molar-refractivity contribution in [2.75, 3.05) is 7.11 Å². The lowest BCUT2D eigenvalue weighted by atomic mass is 10.0. The van der Waals surface area contributed by atoms with Crippen molar-refractivity contribution in [1.29, 1.82) is 0 Å². The minimum Gasteiger partial charge on any atom is -0.508 e. The molecular formula is C14H11NO2S. The number of hydrogen-bond acceptors (Lipinski definition) is 4. The topological polar surface area (TPSA) is 42.4 Å². The molecule has 0 atom stereocenters. The summed E-state index contributed by atoms with van der Waals surface area (Å²) in [4.78, 5) is 0. The molecule has 0 unspecified atom stereocenters. The number of rotatable bonds is 2. The fraction of sp³-hybridized carbons (Fsp3) is 0.0714. The van der Waals surface area contributed by atoms with Gasteiger partial charge in [-0.15, -0.1) is 0 Å². The summed E-state index contributed by atoms with van der Waals surface area (Å²) in [6.45, 7) is 0. The molecule has 0 saturated carbocycles. The molecule has 1 N–H and O–H groups in total. The minimum absolute atomic E-state index is 0.282. The van der Waals surface area contributed by atoms with Crippen LogP contribution < -0.4 is 4.74 Å². The molecule has 18 heavy (non-hydrogen) atoms. The zero-order chi connectivity index (χ0) is 12.5. The summed E-state index contributed by atoms with van der Waals surface area (Å²) in [5.41, 5.74) is 2.07. The van der Waals surface area contributed by atoms with Gasteiger partial charge in [-0.25, -0.2) is 0 Å². The lowest BCUT2D eigenvalue weighted by Crippen LogP contribution is -1.85. The molecule has 3 nitrogen and oxygen atoms in total. The number of benzene rings is 2. The van der Waals surface area contributed by atoms with Gasteiger partial charge in [0.15, 0.2) is 0 Å². The molecule has 1 heterocycles. The molecule has 1 aromatic heterocycles. The number of aromatic hydroxyl groups is 1. The van der Waals surface area contributed by atoms with E-state index in [1.54, 1.807) is 19.2 Å². The molecule has 4 heteroatoms. The number of hydrogen-bond donors (Lipinski definition) is 1. The number of phenolic OH excluding ortho intramolecular Hbond substituents is 1. The first-order valence-corrected chi connectivity index (χ1v) is 6.33. The van der Waals surface area contributed by atoms with Crippen LogP contribution in [0.25, 0.3) is 21.9 Å². The van der Waals surface area contributed by atoms with Gasteiger partial charge in [-0.2, -0.15) is 4.37 Å². The number of methoxy groups -OCH3 is 1. The van der Waals surface area contributed by atoms with Crippen molar-refractivity contribution >= 4 is 22.3 Å². The number of ether oxygens (including phenoxy) is 1. The van der Waals surface area contributed by atoms with Crippen LogP contribution in [0, 0.1) is 0 Å². The lowest BCUT2D eigenvalue weighted by Gasteiger charge is -2.04. The van der Waals surface area contributed by atoms with E-state index in [2.05, 4.69) is 10.4 Å². The average molecular weight is 257 g/mol. The fourth-order valence-electron chi connectivity index (χ4n) is 1.97. The summed E-state index contributed by atoms with van der Waals surface area (Å²) in [6, 6.07) is 11.4. The van der Waals surface area contributed by atoms with Gasteiger partial charge in [0.25, 0.3) is 0 Å². The summed E-state index contributed by atoms with van der Waals surface area (Å²) in [7, 11) is 1.62. The van der Waals surface area contributed by atoms with E-state index >= 15 is 0 Å². The average Bonchev–Trinajstić information content (AvgIpc) is 2.86. The van der Waals surface area contributed by atoms with E-state index in [4.69, 9.17) is 4.74 Å². The Bertz CT molecular complexity index is 706. The molecule has 0 aliphatic rings. The molecule has 90 valence electrons. The number of phenols is 1. The quantitative estimate of drug-likeness (QED) is 0.761. The van der Waals surface area contributed by atoms with Crippen LogP contribution in [0.3, 0.4) is 0 Å². The third-order valence-corrected chi connectivity index (χ3v) is 3.48. The summed E-state index contributed by atoms with van der Waals surface area (Å²) in [5.74, 6) is 0.933. The number of aromatic nitrogens is 1. The van der Waals surface area contributed by atoms with Crippen LogP contribution in [0.2, 0.25) is 0 Å². The predicted octanol–water partition coefficient (Wildman–Crippen LogP) is 3.68. The van der Waals surface area contributed by atoms with E-state index in [-0.39, 0.29) is 5.75 Å². The largest absolute Gasteiger partial charge is 0.508 e. The van der Waals surface area contributed by atoms with Crippen LogP contribution in [0.15, 0.2) is 41.8 Å². The first kappa shape index (κ1) is 11.0. The van der Waals surface area contributed by atoms with Gasteiger partial charge in [0.2, 0.25) is 5.88 Å². The van der Waals surface area contributed by atoms with E-state index in [0.717, 1.165) is 21.9 Å². The van der Waals surface area contributed by atoms with Crippen molar-refractivity contribution in [3.8, 4) is 22.8 Å². The summed E-state index contributed by atoms with van der Waals surface area (Å²) < 4.78 is 9.41. The van der Waals surface area contributed by atoms with Gasteiger partial charge < -0.3 is 9.84 Å². The summed E-state index contributed by atoms with van der Waals surface area (Å²) in [6.07, 6.45) is 0. The van der Waals surface area contributed by atoms with Crippen molar-refractivity contribution in [3.05, 3.63) is 41.8 Å². The van der Waals surface area contributed by atoms with E-state index < -0.39 is 0 Å². The maximum atomic E-state index is 9.44. The Morgan fingerprint density at radius 1 is 1.11 bits per heavy atom. The standard InChI is InChI=1S/C14H11NO2S/c1-17-14-13(8-18-15-14)11-3-2-10-7-12(16)5-4-9(10)6-11/h2-8,16H,1H3. The molecule has 0 aliphatic heterocycles.